The van der Waals surface area contributed by atoms with Crippen LogP contribution in [0.4, 0.5) is 5.69 Å². The molecule has 1 saturated carbocycles. The fraction of sp³-hybridized carbons (Fsp3) is 0.467. The Labute approximate surface area is 218 Å². The van der Waals surface area contributed by atoms with Gasteiger partial charge >= 0.3 is 0 Å². The number of nitrogens with zero attached hydrogens (tertiary/aromatic N) is 3. The van der Waals surface area contributed by atoms with Crippen molar-refractivity contribution in [2.45, 2.75) is 50.8 Å². The van der Waals surface area contributed by atoms with Crippen molar-refractivity contribution in [2.24, 2.45) is 0 Å². The van der Waals surface area contributed by atoms with E-state index in [-0.39, 0.29) is 17.6 Å². The lowest BCUT2D eigenvalue weighted by Gasteiger charge is -2.40. The van der Waals surface area contributed by atoms with Crippen molar-refractivity contribution in [1.29, 1.82) is 0 Å². The highest BCUT2D eigenvalue weighted by Crippen LogP contribution is 2.49. The molecule has 1 atom stereocenters. The molecule has 7 nitrogen and oxygen atoms in total. The van der Waals surface area contributed by atoms with Gasteiger partial charge in [-0.15, -0.1) is 0 Å². The van der Waals surface area contributed by atoms with Gasteiger partial charge in [0.2, 0.25) is 0 Å². The number of rotatable bonds is 8. The number of pyridine rings is 1. The minimum absolute atomic E-state index is 0.0526. The van der Waals surface area contributed by atoms with Crippen LogP contribution in [0.5, 0.6) is 5.75 Å². The number of aryl methyl sites for hydroxylation is 2. The maximum Gasteiger partial charge on any atom is 0.252 e. The second-order valence-corrected chi connectivity index (χ2v) is 11.0. The Morgan fingerprint density at radius 1 is 1.14 bits per heavy atom. The summed E-state index contributed by atoms with van der Waals surface area (Å²) in [5.74, 6) is 0.696. The highest BCUT2D eigenvalue weighted by molar-refractivity contribution is 5.98. The molecule has 3 aromatic rings. The summed E-state index contributed by atoms with van der Waals surface area (Å²) < 4.78 is 11.6. The molecule has 194 valence electrons. The molecular weight excluding hydrogens is 464 g/mol. The molecule has 3 fully saturated rings. The molecule has 1 aromatic heterocycles. The topological polar surface area (TPSA) is 66.9 Å². The molecule has 1 amide bonds. The molecule has 3 heterocycles. The van der Waals surface area contributed by atoms with E-state index in [1.54, 1.807) is 7.11 Å². The third kappa shape index (κ3) is 4.55. The Kier molecular flexibility index (Phi) is 6.08. The highest BCUT2D eigenvalue weighted by atomic mass is 16.5. The number of fused-ring (bicyclic) bond motifs is 1. The van der Waals surface area contributed by atoms with Gasteiger partial charge in [0.15, 0.2) is 0 Å². The van der Waals surface area contributed by atoms with Gasteiger partial charge in [-0.3, -0.25) is 14.7 Å². The molecular formula is C30H36N4O3. The summed E-state index contributed by atoms with van der Waals surface area (Å²) in [7, 11) is 3.88. The summed E-state index contributed by atoms with van der Waals surface area (Å²) in [6.45, 7) is 7.51. The third-order valence-electron chi connectivity index (χ3n) is 8.43. The molecule has 1 N–H and O–H groups in total. The normalized spacial score (nSPS) is 20.9. The van der Waals surface area contributed by atoms with E-state index < -0.39 is 0 Å². The zero-order valence-corrected chi connectivity index (χ0v) is 22.2. The van der Waals surface area contributed by atoms with Crippen molar-refractivity contribution in [3.05, 3.63) is 64.8 Å². The van der Waals surface area contributed by atoms with Crippen molar-refractivity contribution >= 4 is 22.5 Å². The van der Waals surface area contributed by atoms with Gasteiger partial charge in [-0.2, -0.15) is 0 Å². The van der Waals surface area contributed by atoms with Crippen LogP contribution < -0.4 is 15.0 Å². The van der Waals surface area contributed by atoms with Crippen LogP contribution in [-0.2, 0) is 10.3 Å². The molecule has 1 unspecified atom stereocenters. The van der Waals surface area contributed by atoms with Gasteiger partial charge in [0.05, 0.1) is 17.2 Å². The molecule has 2 aliphatic heterocycles. The molecule has 0 bridgehead atoms. The lowest BCUT2D eigenvalue weighted by atomic mass is 9.96. The number of hydrogen-bond acceptors (Lipinski definition) is 6. The van der Waals surface area contributed by atoms with Gasteiger partial charge in [-0.05, 0) is 88.2 Å². The Morgan fingerprint density at radius 2 is 1.95 bits per heavy atom. The van der Waals surface area contributed by atoms with E-state index in [0.717, 1.165) is 78.1 Å². The van der Waals surface area contributed by atoms with E-state index in [1.165, 1.54) is 0 Å². The number of carbonyl (C=O) groups is 1. The number of anilines is 1. The van der Waals surface area contributed by atoms with Crippen molar-refractivity contribution in [3.63, 3.8) is 0 Å². The predicted molar refractivity (Wildman–Crippen MR) is 146 cm³/mol. The number of ether oxygens (including phenoxy) is 2. The first kappa shape index (κ1) is 24.2. The van der Waals surface area contributed by atoms with Crippen LogP contribution in [0, 0.1) is 13.8 Å². The number of methoxy groups -OCH3 is 1. The summed E-state index contributed by atoms with van der Waals surface area (Å²) in [4.78, 5) is 23.1. The fourth-order valence-corrected chi connectivity index (χ4v) is 5.48. The Morgan fingerprint density at radius 3 is 2.62 bits per heavy atom. The minimum Gasteiger partial charge on any atom is -0.492 e. The molecule has 0 radical (unpaired) electrons. The zero-order valence-electron chi connectivity index (χ0n) is 22.2. The number of benzene rings is 2. The van der Waals surface area contributed by atoms with E-state index in [0.29, 0.717) is 18.2 Å². The standard InChI is InChI=1S/C30H36N4O3/c1-19-5-7-23(37-18-21-9-12-33(21)3)15-26(19)29(35)32-30(10-11-30)27-13-22(34-16-24(17-34)36-4)14-28-25(27)8-6-20(2)31-28/h5-8,13-15,21,24H,9-12,16-18H2,1-4H3,(H,32,35). The van der Waals surface area contributed by atoms with Gasteiger partial charge in [-0.1, -0.05) is 12.1 Å². The second kappa shape index (κ2) is 9.30. The number of likely N-dealkylation sites (N-methyl/N-ethyl adjacent to an activating group) is 1. The smallest absolute Gasteiger partial charge is 0.252 e. The average molecular weight is 501 g/mol. The lowest BCUT2D eigenvalue weighted by Crippen LogP contribution is -2.52. The first-order valence-corrected chi connectivity index (χ1v) is 13.3. The molecule has 1 aliphatic carbocycles. The summed E-state index contributed by atoms with van der Waals surface area (Å²) in [6, 6.07) is 14.9. The minimum atomic E-state index is -0.383. The number of nitrogens with one attached hydrogen (secondary N) is 1. The maximum atomic E-state index is 13.6. The molecule has 6 rings (SSSR count). The van der Waals surface area contributed by atoms with E-state index in [2.05, 4.69) is 46.4 Å². The fourth-order valence-electron chi connectivity index (χ4n) is 5.48. The quantitative estimate of drug-likeness (QED) is 0.500. The average Bonchev–Trinajstić information content (AvgIpc) is 3.63. The number of hydrogen-bond donors (Lipinski definition) is 1. The van der Waals surface area contributed by atoms with Gasteiger partial charge in [0, 0.05) is 48.6 Å². The Bertz CT molecular complexity index is 1350. The van der Waals surface area contributed by atoms with Crippen LogP contribution >= 0.6 is 0 Å². The van der Waals surface area contributed by atoms with Crippen molar-refractivity contribution < 1.29 is 14.3 Å². The number of likely N-dealkylation sites (tertiary alicyclic amines) is 1. The lowest BCUT2D eigenvalue weighted by molar-refractivity contribution is 0.0767. The largest absolute Gasteiger partial charge is 0.492 e. The second-order valence-electron chi connectivity index (χ2n) is 11.0. The third-order valence-corrected chi connectivity index (χ3v) is 8.43. The van der Waals surface area contributed by atoms with E-state index >= 15 is 0 Å². The summed E-state index contributed by atoms with van der Waals surface area (Å²) in [5, 5.41) is 4.52. The SMILES string of the molecule is COC1CN(c2cc(C3(NC(=O)c4cc(OCC5CCN5C)ccc4C)CC3)c3ccc(C)nc3c2)C1. The van der Waals surface area contributed by atoms with Crippen LogP contribution in [0.1, 0.15) is 46.4 Å². The first-order valence-electron chi connectivity index (χ1n) is 13.3. The number of amides is 1. The number of aromatic nitrogens is 1. The Balaban J connectivity index is 1.27. The van der Waals surface area contributed by atoms with Crippen LogP contribution in [0.3, 0.4) is 0 Å². The van der Waals surface area contributed by atoms with E-state index in [1.807, 2.05) is 32.0 Å². The van der Waals surface area contributed by atoms with Crippen molar-refractivity contribution in [1.82, 2.24) is 15.2 Å². The highest BCUT2D eigenvalue weighted by Gasteiger charge is 2.47. The van der Waals surface area contributed by atoms with Crippen LogP contribution in [0.25, 0.3) is 10.9 Å². The molecule has 3 aliphatic rings. The van der Waals surface area contributed by atoms with Crippen LogP contribution in [-0.4, -0.2) is 68.3 Å². The molecule has 7 heteroatoms. The van der Waals surface area contributed by atoms with Crippen molar-refractivity contribution in [2.75, 3.05) is 45.3 Å². The van der Waals surface area contributed by atoms with Gasteiger partial charge in [0.25, 0.3) is 5.91 Å². The molecule has 2 aromatic carbocycles. The molecule has 2 saturated heterocycles. The van der Waals surface area contributed by atoms with Crippen LogP contribution in [0.15, 0.2) is 42.5 Å². The van der Waals surface area contributed by atoms with Gasteiger partial charge in [-0.25, -0.2) is 0 Å². The first-order chi connectivity index (χ1) is 17.8. The molecule has 0 spiro atoms. The van der Waals surface area contributed by atoms with Crippen molar-refractivity contribution in [3.8, 4) is 5.75 Å². The summed E-state index contributed by atoms with van der Waals surface area (Å²) in [6.07, 6.45) is 3.24. The maximum absolute atomic E-state index is 13.6. The van der Waals surface area contributed by atoms with E-state index in [4.69, 9.17) is 14.5 Å². The monoisotopic (exact) mass is 500 g/mol. The van der Waals surface area contributed by atoms with Crippen LogP contribution in [0.2, 0.25) is 0 Å². The Hall–Kier alpha value is -3.16. The van der Waals surface area contributed by atoms with Gasteiger partial charge in [0.1, 0.15) is 12.4 Å². The summed E-state index contributed by atoms with van der Waals surface area (Å²) >= 11 is 0. The van der Waals surface area contributed by atoms with E-state index in [9.17, 15) is 4.79 Å². The zero-order chi connectivity index (χ0) is 25.7. The predicted octanol–water partition coefficient (Wildman–Crippen LogP) is 4.19. The number of carbonyl (C=O) groups excluding carboxylic acids is 1. The van der Waals surface area contributed by atoms with Gasteiger partial charge < -0.3 is 19.7 Å². The molecule has 37 heavy (non-hydrogen) atoms. The summed E-state index contributed by atoms with van der Waals surface area (Å²) in [5.41, 5.74) is 5.49.